The van der Waals surface area contributed by atoms with Crippen LogP contribution in [0.2, 0.25) is 0 Å². The highest BCUT2D eigenvalue weighted by Gasteiger charge is 2.01. The minimum atomic E-state index is 0.994. The fourth-order valence-electron chi connectivity index (χ4n) is 1.83. The van der Waals surface area contributed by atoms with E-state index < -0.39 is 0 Å². The quantitative estimate of drug-likeness (QED) is 0.554. The zero-order chi connectivity index (χ0) is 13.2. The minimum absolute atomic E-state index is 0.994. The lowest BCUT2D eigenvalue weighted by molar-refractivity contribution is 1.22. The van der Waals surface area contributed by atoms with Gasteiger partial charge >= 0.3 is 0 Å². The van der Waals surface area contributed by atoms with Gasteiger partial charge in [0.15, 0.2) is 0 Å². The summed E-state index contributed by atoms with van der Waals surface area (Å²) in [6.45, 7) is 0. The lowest BCUT2D eigenvalue weighted by Crippen LogP contribution is -1.89. The van der Waals surface area contributed by atoms with Crippen molar-refractivity contribution < 1.29 is 0 Å². The topological polar surface area (TPSA) is 0 Å². The van der Waals surface area contributed by atoms with Crippen LogP contribution in [-0.2, 0) is 0 Å². The summed E-state index contributed by atoms with van der Waals surface area (Å²) < 4.78 is 0. The first-order valence-corrected chi connectivity index (χ1v) is 6.54. The molecule has 0 nitrogen and oxygen atoms in total. The van der Waals surface area contributed by atoms with Gasteiger partial charge in [-0.25, -0.2) is 0 Å². The van der Waals surface area contributed by atoms with E-state index in [2.05, 4.69) is 48.6 Å². The standard InChI is InChI=1S/C19H18/c1-2-4-6-8-10-14-18-16-12-13-17-19(18)15-11-9-7-5-3-1/h1-16H,17H2/b3-1-,4-2-,7-5-,8-6-,11-9-,14-10-,19-15-. The van der Waals surface area contributed by atoms with Gasteiger partial charge in [-0.3, -0.25) is 0 Å². The van der Waals surface area contributed by atoms with Crippen molar-refractivity contribution in [1.29, 1.82) is 0 Å². The van der Waals surface area contributed by atoms with Crippen LogP contribution in [0.25, 0.3) is 0 Å². The highest BCUT2D eigenvalue weighted by atomic mass is 14.1. The van der Waals surface area contributed by atoms with Crippen molar-refractivity contribution >= 4 is 0 Å². The van der Waals surface area contributed by atoms with E-state index in [0.29, 0.717) is 0 Å². The molecule has 0 spiro atoms. The zero-order valence-corrected chi connectivity index (χ0v) is 10.9. The van der Waals surface area contributed by atoms with Crippen molar-refractivity contribution in [3.05, 3.63) is 108 Å². The molecule has 0 unspecified atom stereocenters. The average molecular weight is 246 g/mol. The molecule has 0 heterocycles. The maximum Gasteiger partial charge on any atom is -0.00884 e. The van der Waals surface area contributed by atoms with Gasteiger partial charge in [0.05, 0.1) is 0 Å². The molecular weight excluding hydrogens is 228 g/mol. The SMILES string of the molecule is C1=CC/C2=C/C=C\C=C/C=C\C=C/C=C\C=C/C2=C1. The van der Waals surface area contributed by atoms with Crippen LogP contribution < -0.4 is 0 Å². The number of fused-ring (bicyclic) bond motifs is 1. The Labute approximate surface area is 115 Å². The molecular formula is C19H18. The monoisotopic (exact) mass is 246 g/mol. The van der Waals surface area contributed by atoms with Gasteiger partial charge in [-0.15, -0.1) is 0 Å². The van der Waals surface area contributed by atoms with Gasteiger partial charge in [-0.1, -0.05) is 97.2 Å². The Kier molecular flexibility index (Phi) is 5.44. The molecule has 0 aromatic carbocycles. The highest BCUT2D eigenvalue weighted by Crippen LogP contribution is 2.20. The van der Waals surface area contributed by atoms with E-state index in [4.69, 9.17) is 0 Å². The largest absolute Gasteiger partial charge is 0.0801 e. The zero-order valence-electron chi connectivity index (χ0n) is 10.9. The Hall–Kier alpha value is -2.34. The molecule has 0 fully saturated rings. The molecule has 0 atom stereocenters. The molecule has 0 amide bonds. The molecule has 0 aromatic heterocycles. The third-order valence-corrected chi connectivity index (χ3v) is 2.80. The summed E-state index contributed by atoms with van der Waals surface area (Å²) in [5.74, 6) is 0. The first-order valence-electron chi connectivity index (χ1n) is 6.54. The van der Waals surface area contributed by atoms with Crippen LogP contribution >= 0.6 is 0 Å². The third-order valence-electron chi connectivity index (χ3n) is 2.80. The summed E-state index contributed by atoms with van der Waals surface area (Å²) in [4.78, 5) is 0. The lowest BCUT2D eigenvalue weighted by atomic mass is 9.97. The van der Waals surface area contributed by atoms with Gasteiger partial charge in [0.25, 0.3) is 0 Å². The summed E-state index contributed by atoms with van der Waals surface area (Å²) in [5, 5.41) is 0. The molecule has 0 bridgehead atoms. The van der Waals surface area contributed by atoms with Crippen molar-refractivity contribution in [2.24, 2.45) is 0 Å². The van der Waals surface area contributed by atoms with E-state index >= 15 is 0 Å². The second-order valence-electron chi connectivity index (χ2n) is 4.23. The van der Waals surface area contributed by atoms with Gasteiger partial charge in [0, 0.05) is 0 Å². The first-order chi connectivity index (χ1) is 9.47. The Balaban J connectivity index is 2.25. The maximum atomic E-state index is 2.18. The first kappa shape index (κ1) is 13.1. The van der Waals surface area contributed by atoms with Crippen LogP contribution in [0.4, 0.5) is 0 Å². The maximum absolute atomic E-state index is 2.18. The molecule has 2 aliphatic rings. The molecule has 0 saturated carbocycles. The van der Waals surface area contributed by atoms with Crippen molar-refractivity contribution in [2.45, 2.75) is 6.42 Å². The molecule has 2 rings (SSSR count). The second kappa shape index (κ2) is 7.88. The van der Waals surface area contributed by atoms with E-state index in [9.17, 15) is 0 Å². The smallest absolute Gasteiger partial charge is 0.00884 e. The van der Waals surface area contributed by atoms with Gasteiger partial charge in [-0.2, -0.15) is 0 Å². The van der Waals surface area contributed by atoms with Crippen molar-refractivity contribution in [1.82, 2.24) is 0 Å². The molecule has 0 aliphatic heterocycles. The number of hydrogen-bond acceptors (Lipinski definition) is 0. The van der Waals surface area contributed by atoms with Gasteiger partial charge in [-0.05, 0) is 17.6 Å². The Bertz CT molecular complexity index is 553. The Morgan fingerprint density at radius 2 is 1.11 bits per heavy atom. The predicted octanol–water partition coefficient (Wildman–Crippen LogP) is 5.15. The number of allylic oxidation sites excluding steroid dienone is 18. The number of hydrogen-bond donors (Lipinski definition) is 0. The molecule has 94 valence electrons. The Morgan fingerprint density at radius 3 is 1.79 bits per heavy atom. The second-order valence-corrected chi connectivity index (χ2v) is 4.23. The molecule has 2 aliphatic carbocycles. The van der Waals surface area contributed by atoms with Crippen LogP contribution in [0.5, 0.6) is 0 Å². The van der Waals surface area contributed by atoms with E-state index in [1.54, 1.807) is 0 Å². The fourth-order valence-corrected chi connectivity index (χ4v) is 1.83. The summed E-state index contributed by atoms with van der Waals surface area (Å²) in [5.41, 5.74) is 2.62. The molecule has 19 heavy (non-hydrogen) atoms. The lowest BCUT2D eigenvalue weighted by Gasteiger charge is -2.08. The highest BCUT2D eigenvalue weighted by molar-refractivity contribution is 5.48. The van der Waals surface area contributed by atoms with Crippen LogP contribution in [0.1, 0.15) is 6.42 Å². The fraction of sp³-hybridized carbons (Fsp3) is 0.0526. The normalized spacial score (nSPS) is 31.4. The van der Waals surface area contributed by atoms with E-state index in [1.807, 2.05) is 48.6 Å². The van der Waals surface area contributed by atoms with Gasteiger partial charge < -0.3 is 0 Å². The van der Waals surface area contributed by atoms with Crippen molar-refractivity contribution in [3.8, 4) is 0 Å². The van der Waals surface area contributed by atoms with Crippen molar-refractivity contribution in [3.63, 3.8) is 0 Å². The summed E-state index contributed by atoms with van der Waals surface area (Å²) >= 11 is 0. The molecule has 0 radical (unpaired) electrons. The van der Waals surface area contributed by atoms with Crippen LogP contribution in [0, 0.1) is 0 Å². The average Bonchev–Trinajstić information content (AvgIpc) is 2.45. The van der Waals surface area contributed by atoms with Crippen LogP contribution in [-0.4, -0.2) is 0 Å². The van der Waals surface area contributed by atoms with Crippen molar-refractivity contribution in [2.75, 3.05) is 0 Å². The molecule has 0 saturated heterocycles. The summed E-state index contributed by atoms with van der Waals surface area (Å²) in [7, 11) is 0. The van der Waals surface area contributed by atoms with E-state index in [-0.39, 0.29) is 0 Å². The van der Waals surface area contributed by atoms with E-state index in [1.165, 1.54) is 11.1 Å². The molecule has 0 heteroatoms. The molecule has 0 aromatic rings. The Morgan fingerprint density at radius 1 is 0.526 bits per heavy atom. The minimum Gasteiger partial charge on any atom is -0.0801 e. The van der Waals surface area contributed by atoms with E-state index in [0.717, 1.165) is 6.42 Å². The summed E-state index contributed by atoms with van der Waals surface area (Å²) in [6.07, 6.45) is 34.2. The van der Waals surface area contributed by atoms with Gasteiger partial charge in [0.1, 0.15) is 0 Å². The van der Waals surface area contributed by atoms with Crippen LogP contribution in [0.3, 0.4) is 0 Å². The third kappa shape index (κ3) is 4.81. The van der Waals surface area contributed by atoms with Crippen LogP contribution in [0.15, 0.2) is 108 Å². The number of rotatable bonds is 0. The van der Waals surface area contributed by atoms with Gasteiger partial charge in [0.2, 0.25) is 0 Å². The molecule has 0 N–H and O–H groups in total. The predicted molar refractivity (Wildman–Crippen MR) is 84.8 cm³/mol. The summed E-state index contributed by atoms with van der Waals surface area (Å²) in [6, 6.07) is 0.